The van der Waals surface area contributed by atoms with Crippen molar-refractivity contribution in [2.24, 2.45) is 0 Å². The monoisotopic (exact) mass is 917 g/mol. The van der Waals surface area contributed by atoms with Crippen LogP contribution in [0, 0.1) is 0 Å². The van der Waals surface area contributed by atoms with Crippen molar-refractivity contribution in [3.63, 3.8) is 0 Å². The van der Waals surface area contributed by atoms with Gasteiger partial charge >= 0.3 is 13.8 Å². The largest absolute Gasteiger partial charge is 0.472 e. The highest BCUT2D eigenvalue weighted by atomic mass is 31.2. The Morgan fingerprint density at radius 1 is 0.508 bits per heavy atom. The highest BCUT2D eigenvalue weighted by Gasteiger charge is 2.51. The number of esters is 1. The molecule has 6 N–H and O–H groups in total. The number of aliphatic hydroxyl groups excluding tert-OH is 5. The zero-order valence-electron chi connectivity index (χ0n) is 39.6. The molecule has 1 fully saturated rings. The van der Waals surface area contributed by atoms with Crippen LogP contribution in [0.4, 0.5) is 0 Å². The van der Waals surface area contributed by atoms with Crippen molar-refractivity contribution < 1.29 is 58.3 Å². The van der Waals surface area contributed by atoms with Gasteiger partial charge in [0.25, 0.3) is 0 Å². The van der Waals surface area contributed by atoms with Crippen molar-refractivity contribution in [3.8, 4) is 0 Å². The lowest BCUT2D eigenvalue weighted by Gasteiger charge is -2.41. The quantitative estimate of drug-likeness (QED) is 0.0147. The van der Waals surface area contributed by atoms with E-state index in [2.05, 4.69) is 50.3 Å². The highest BCUT2D eigenvalue weighted by molar-refractivity contribution is 7.47. The number of hydrogen-bond donors (Lipinski definition) is 6. The first-order chi connectivity index (χ1) is 30.5. The maximum Gasteiger partial charge on any atom is 0.472 e. The molecule has 0 amide bonds. The van der Waals surface area contributed by atoms with Crippen LogP contribution >= 0.6 is 7.82 Å². The van der Waals surface area contributed by atoms with Gasteiger partial charge in [0, 0.05) is 13.0 Å². The average Bonchev–Trinajstić information content (AvgIpc) is 3.27. The van der Waals surface area contributed by atoms with Crippen LogP contribution in [-0.2, 0) is 27.9 Å². The van der Waals surface area contributed by atoms with Crippen LogP contribution < -0.4 is 0 Å². The van der Waals surface area contributed by atoms with E-state index in [9.17, 15) is 39.8 Å². The van der Waals surface area contributed by atoms with E-state index >= 15 is 0 Å². The Kier molecular flexibility index (Phi) is 38.6. The fourth-order valence-electron chi connectivity index (χ4n) is 7.72. The smallest absolute Gasteiger partial charge is 0.457 e. The number of rotatable bonds is 43. The van der Waals surface area contributed by atoms with Crippen molar-refractivity contribution >= 4 is 13.8 Å². The van der Waals surface area contributed by atoms with E-state index in [1.165, 1.54) is 122 Å². The molecule has 63 heavy (non-hydrogen) atoms. The molecule has 0 aliphatic heterocycles. The maximum absolute atomic E-state index is 12.8. The molecule has 13 heteroatoms. The summed E-state index contributed by atoms with van der Waals surface area (Å²) in [6.45, 7) is 4.24. The maximum atomic E-state index is 12.8. The molecule has 1 aliphatic carbocycles. The molecule has 0 saturated heterocycles. The molecule has 1 rings (SSSR count). The predicted octanol–water partition coefficient (Wildman–Crippen LogP) is 11.0. The van der Waals surface area contributed by atoms with Gasteiger partial charge in [-0.15, -0.1) is 0 Å². The third kappa shape index (κ3) is 32.8. The number of aliphatic hydroxyl groups is 5. The van der Waals surface area contributed by atoms with Crippen LogP contribution in [0.3, 0.4) is 0 Å². The fraction of sp³-hybridized carbons (Fsp3) is 0.860. The Hall–Kier alpha value is -1.44. The minimum absolute atomic E-state index is 0.0810. The standard InChI is InChI=1S/C50H93O12P/c1-3-5-7-9-11-13-15-17-19-20-21-22-23-24-25-26-28-30-32-34-36-38-40-59-41-43(42-60-63(57,58)62-50-48(55)46(53)45(52)47(54)49(50)56)61-44(51)39-37-35-33-31-29-27-18-16-14-12-10-8-6-4-2/h15,17,20-21,23-24,43,45-50,52-56H,3-14,16,18-19,22,25-42H2,1-2H3,(H,57,58)/b17-15-,21-20-,24-23-. The van der Waals surface area contributed by atoms with E-state index in [1.807, 2.05) is 0 Å². The summed E-state index contributed by atoms with van der Waals surface area (Å²) < 4.78 is 34.3. The molecule has 12 nitrogen and oxygen atoms in total. The van der Waals surface area contributed by atoms with E-state index in [1.54, 1.807) is 0 Å². The second kappa shape index (κ2) is 40.8. The van der Waals surface area contributed by atoms with Crippen LogP contribution in [0.2, 0.25) is 0 Å². The first kappa shape index (κ1) is 59.6. The minimum atomic E-state index is -5.02. The molecule has 0 aromatic carbocycles. The van der Waals surface area contributed by atoms with Crippen molar-refractivity contribution in [1.82, 2.24) is 0 Å². The first-order valence-corrected chi connectivity index (χ1v) is 26.8. The van der Waals surface area contributed by atoms with Gasteiger partial charge in [0.15, 0.2) is 0 Å². The molecule has 6 atom stereocenters. The summed E-state index contributed by atoms with van der Waals surface area (Å²) in [5.41, 5.74) is 0. The Morgan fingerprint density at radius 2 is 0.889 bits per heavy atom. The van der Waals surface area contributed by atoms with Gasteiger partial charge in [0.05, 0.1) is 13.2 Å². The van der Waals surface area contributed by atoms with Gasteiger partial charge in [0.2, 0.25) is 0 Å². The van der Waals surface area contributed by atoms with E-state index < -0.39 is 63.1 Å². The molecular weight excluding hydrogens is 824 g/mol. The molecule has 1 saturated carbocycles. The lowest BCUT2D eigenvalue weighted by atomic mass is 9.85. The number of unbranched alkanes of at least 4 members (excludes halogenated alkanes) is 25. The number of carbonyl (C=O) groups is 1. The zero-order chi connectivity index (χ0) is 46.2. The zero-order valence-corrected chi connectivity index (χ0v) is 40.5. The summed E-state index contributed by atoms with van der Waals surface area (Å²) in [5, 5.41) is 50.3. The number of hydrogen-bond acceptors (Lipinski definition) is 11. The van der Waals surface area contributed by atoms with E-state index in [0.29, 0.717) is 13.0 Å². The molecule has 0 aromatic heterocycles. The summed E-state index contributed by atoms with van der Waals surface area (Å²) >= 11 is 0. The molecule has 6 unspecified atom stereocenters. The number of allylic oxidation sites excluding steroid dienone is 6. The lowest BCUT2D eigenvalue weighted by Crippen LogP contribution is -2.64. The van der Waals surface area contributed by atoms with Gasteiger partial charge in [-0.25, -0.2) is 4.57 Å². The number of phosphoric acid groups is 1. The molecular formula is C50H93O12P. The van der Waals surface area contributed by atoms with Gasteiger partial charge in [-0.3, -0.25) is 13.8 Å². The molecule has 0 radical (unpaired) electrons. The molecule has 0 heterocycles. The predicted molar refractivity (Wildman–Crippen MR) is 253 cm³/mol. The van der Waals surface area contributed by atoms with Gasteiger partial charge < -0.3 is 39.9 Å². The Balaban J connectivity index is 2.34. The molecule has 0 bridgehead atoms. The minimum Gasteiger partial charge on any atom is -0.457 e. The van der Waals surface area contributed by atoms with E-state index in [4.69, 9.17) is 18.5 Å². The van der Waals surface area contributed by atoms with Crippen molar-refractivity contribution in [1.29, 1.82) is 0 Å². The SMILES string of the molecule is CCCCCCC/C=C\C/C=C\C/C=C\CCCCCCCCCOCC(COP(=O)(O)OC1C(O)C(O)C(O)C(O)C1O)OC(=O)CCCCCCCCCCCCCCCC. The highest BCUT2D eigenvalue weighted by Crippen LogP contribution is 2.47. The second-order valence-electron chi connectivity index (χ2n) is 17.7. The Morgan fingerprint density at radius 3 is 1.35 bits per heavy atom. The first-order valence-electron chi connectivity index (χ1n) is 25.3. The van der Waals surface area contributed by atoms with Crippen LogP contribution in [0.1, 0.15) is 213 Å². The summed E-state index contributed by atoms with van der Waals surface area (Å²) in [6, 6.07) is 0. The second-order valence-corrected chi connectivity index (χ2v) is 19.1. The normalized spacial score (nSPS) is 22.1. The van der Waals surface area contributed by atoms with Crippen LogP contribution in [-0.4, -0.2) is 98.9 Å². The number of phosphoric ester groups is 1. The average molecular weight is 917 g/mol. The lowest BCUT2D eigenvalue weighted by molar-refractivity contribution is -0.220. The fourth-order valence-corrected chi connectivity index (χ4v) is 8.69. The summed E-state index contributed by atoms with van der Waals surface area (Å²) in [5.74, 6) is -0.479. The van der Waals surface area contributed by atoms with Crippen molar-refractivity contribution in [3.05, 3.63) is 36.5 Å². The molecule has 370 valence electrons. The summed E-state index contributed by atoms with van der Waals surface area (Å²) in [6.07, 6.45) is 36.4. The third-order valence-electron chi connectivity index (χ3n) is 11.8. The summed E-state index contributed by atoms with van der Waals surface area (Å²) in [7, 11) is -5.02. The van der Waals surface area contributed by atoms with Gasteiger partial charge in [0.1, 0.15) is 42.7 Å². The van der Waals surface area contributed by atoms with Gasteiger partial charge in [-0.05, 0) is 51.4 Å². The van der Waals surface area contributed by atoms with Crippen LogP contribution in [0.5, 0.6) is 0 Å². The molecule has 1 aliphatic rings. The molecule has 0 spiro atoms. The Bertz CT molecular complexity index is 1180. The van der Waals surface area contributed by atoms with Crippen LogP contribution in [0.25, 0.3) is 0 Å². The summed E-state index contributed by atoms with van der Waals surface area (Å²) in [4.78, 5) is 23.2. The Labute approximate surface area is 382 Å². The van der Waals surface area contributed by atoms with E-state index in [0.717, 1.165) is 64.2 Å². The van der Waals surface area contributed by atoms with Gasteiger partial charge in [-0.1, -0.05) is 192 Å². The van der Waals surface area contributed by atoms with Crippen molar-refractivity contribution in [2.75, 3.05) is 19.8 Å². The van der Waals surface area contributed by atoms with E-state index in [-0.39, 0.29) is 13.0 Å². The van der Waals surface area contributed by atoms with Crippen molar-refractivity contribution in [2.45, 2.75) is 256 Å². The number of ether oxygens (including phenoxy) is 2. The van der Waals surface area contributed by atoms with Crippen LogP contribution in [0.15, 0.2) is 36.5 Å². The van der Waals surface area contributed by atoms with Gasteiger partial charge in [-0.2, -0.15) is 0 Å². The number of carbonyl (C=O) groups excluding carboxylic acids is 1. The molecule has 0 aromatic rings. The third-order valence-corrected chi connectivity index (χ3v) is 12.8. The topological polar surface area (TPSA) is 192 Å².